The summed E-state index contributed by atoms with van der Waals surface area (Å²) < 4.78 is 10.7. The maximum absolute atomic E-state index is 11.7. The Morgan fingerprint density at radius 2 is 2.24 bits per heavy atom. The lowest BCUT2D eigenvalue weighted by atomic mass is 10.2. The summed E-state index contributed by atoms with van der Waals surface area (Å²) in [6, 6.07) is 5.16. The number of hydrogen-bond donors (Lipinski definition) is 1. The average molecular weight is 236 g/mol. The van der Waals surface area contributed by atoms with E-state index in [0.717, 1.165) is 6.54 Å². The number of carbonyl (C=O) groups is 1. The van der Waals surface area contributed by atoms with Crippen LogP contribution < -0.4 is 15.2 Å². The summed E-state index contributed by atoms with van der Waals surface area (Å²) >= 11 is 0. The first-order chi connectivity index (χ1) is 8.11. The zero-order valence-corrected chi connectivity index (χ0v) is 9.97. The topological polar surface area (TPSA) is 64.8 Å². The Kier molecular flexibility index (Phi) is 3.08. The van der Waals surface area contributed by atoms with Gasteiger partial charge in [0.2, 0.25) is 0 Å². The van der Waals surface area contributed by atoms with Crippen LogP contribution >= 0.6 is 0 Å². The van der Waals surface area contributed by atoms with Gasteiger partial charge in [-0.05, 0) is 12.1 Å². The second-order valence-electron chi connectivity index (χ2n) is 4.06. The number of carbonyl (C=O) groups excluding carboxylic acids is 1. The number of benzene rings is 1. The van der Waals surface area contributed by atoms with Crippen molar-refractivity contribution in [1.82, 2.24) is 4.90 Å². The molecule has 0 bridgehead atoms. The van der Waals surface area contributed by atoms with Gasteiger partial charge in [0.1, 0.15) is 11.5 Å². The summed E-state index contributed by atoms with van der Waals surface area (Å²) in [5.41, 5.74) is 6.30. The van der Waals surface area contributed by atoms with Crippen LogP contribution in [0.5, 0.6) is 11.5 Å². The van der Waals surface area contributed by atoms with Gasteiger partial charge in [0.05, 0.1) is 12.8 Å². The van der Waals surface area contributed by atoms with Gasteiger partial charge >= 0.3 is 0 Å². The molecular weight excluding hydrogens is 220 g/mol. The SMILES string of the molecule is COc1ccc(OC2CCN(C)C2=O)c(N)c1. The van der Waals surface area contributed by atoms with Crippen molar-refractivity contribution in [3.63, 3.8) is 0 Å². The standard InChI is InChI=1S/C12H16N2O3/c1-14-6-5-11(12(14)15)17-10-4-3-8(16-2)7-9(10)13/h3-4,7,11H,5-6,13H2,1-2H3. The molecule has 92 valence electrons. The van der Waals surface area contributed by atoms with E-state index < -0.39 is 6.10 Å². The average Bonchev–Trinajstić information content (AvgIpc) is 2.63. The lowest BCUT2D eigenvalue weighted by molar-refractivity contribution is -0.132. The van der Waals surface area contributed by atoms with Crippen molar-refractivity contribution in [1.29, 1.82) is 0 Å². The van der Waals surface area contributed by atoms with Gasteiger partial charge in [-0.25, -0.2) is 0 Å². The number of rotatable bonds is 3. The van der Waals surface area contributed by atoms with E-state index in [0.29, 0.717) is 23.6 Å². The van der Waals surface area contributed by atoms with Crippen molar-refractivity contribution in [3.05, 3.63) is 18.2 Å². The number of methoxy groups -OCH3 is 1. The monoisotopic (exact) mass is 236 g/mol. The third-order valence-corrected chi connectivity index (χ3v) is 2.86. The number of nitrogen functional groups attached to an aromatic ring is 1. The molecule has 1 amide bonds. The predicted molar refractivity (Wildman–Crippen MR) is 64.1 cm³/mol. The molecule has 0 aliphatic carbocycles. The maximum Gasteiger partial charge on any atom is 0.263 e. The number of likely N-dealkylation sites (N-methyl/N-ethyl adjacent to an activating group) is 1. The minimum atomic E-state index is -0.421. The zero-order valence-electron chi connectivity index (χ0n) is 9.97. The van der Waals surface area contributed by atoms with Crippen molar-refractivity contribution < 1.29 is 14.3 Å². The molecule has 2 N–H and O–H groups in total. The quantitative estimate of drug-likeness (QED) is 0.791. The number of anilines is 1. The zero-order chi connectivity index (χ0) is 12.4. The third kappa shape index (κ3) is 2.27. The van der Waals surface area contributed by atoms with Gasteiger partial charge in [-0.1, -0.05) is 0 Å². The third-order valence-electron chi connectivity index (χ3n) is 2.86. The molecule has 0 spiro atoms. The van der Waals surface area contributed by atoms with E-state index in [1.54, 1.807) is 37.3 Å². The molecule has 5 nitrogen and oxygen atoms in total. The lowest BCUT2D eigenvalue weighted by Gasteiger charge is -2.15. The largest absolute Gasteiger partial charge is 0.497 e. The van der Waals surface area contributed by atoms with Crippen molar-refractivity contribution in [2.45, 2.75) is 12.5 Å². The Bertz CT molecular complexity index is 434. The first kappa shape index (κ1) is 11.6. The van der Waals surface area contributed by atoms with Crippen molar-refractivity contribution in [2.24, 2.45) is 0 Å². The highest BCUT2D eigenvalue weighted by Crippen LogP contribution is 2.28. The van der Waals surface area contributed by atoms with Crippen molar-refractivity contribution >= 4 is 11.6 Å². The first-order valence-electron chi connectivity index (χ1n) is 5.47. The minimum absolute atomic E-state index is 0.000202. The lowest BCUT2D eigenvalue weighted by Crippen LogP contribution is -2.29. The molecule has 0 radical (unpaired) electrons. The fraction of sp³-hybridized carbons (Fsp3) is 0.417. The van der Waals surface area contributed by atoms with Crippen LogP contribution in [0.15, 0.2) is 18.2 Å². The Hall–Kier alpha value is -1.91. The van der Waals surface area contributed by atoms with Gasteiger partial charge in [-0.2, -0.15) is 0 Å². The van der Waals surface area contributed by atoms with Gasteiger partial charge in [0.15, 0.2) is 6.10 Å². The van der Waals surface area contributed by atoms with Crippen LogP contribution in [0.4, 0.5) is 5.69 Å². The van der Waals surface area contributed by atoms with Gasteiger partial charge < -0.3 is 20.1 Å². The number of ether oxygens (including phenoxy) is 2. The normalized spacial score (nSPS) is 19.5. The molecule has 1 fully saturated rings. The molecule has 1 aromatic rings. The van der Waals surface area contributed by atoms with E-state index in [4.69, 9.17) is 15.2 Å². The molecule has 1 unspecified atom stereocenters. The summed E-state index contributed by atoms with van der Waals surface area (Å²) in [4.78, 5) is 13.3. The molecule has 1 heterocycles. The summed E-state index contributed by atoms with van der Waals surface area (Å²) in [6.07, 6.45) is 0.275. The maximum atomic E-state index is 11.7. The van der Waals surface area contributed by atoms with Crippen LogP contribution in [0.2, 0.25) is 0 Å². The smallest absolute Gasteiger partial charge is 0.263 e. The fourth-order valence-electron chi connectivity index (χ4n) is 1.81. The highest BCUT2D eigenvalue weighted by Gasteiger charge is 2.31. The van der Waals surface area contributed by atoms with Crippen molar-refractivity contribution in [2.75, 3.05) is 26.4 Å². The molecule has 1 aliphatic rings. The molecule has 5 heteroatoms. The number of amides is 1. The molecule has 17 heavy (non-hydrogen) atoms. The summed E-state index contributed by atoms with van der Waals surface area (Å²) in [7, 11) is 3.34. The van der Waals surface area contributed by atoms with Crippen LogP contribution in [0.25, 0.3) is 0 Å². The Labute approximate surface area is 100 Å². The molecule has 0 saturated carbocycles. The van der Waals surface area contributed by atoms with Gasteiger partial charge in [-0.3, -0.25) is 4.79 Å². The highest BCUT2D eigenvalue weighted by atomic mass is 16.5. The predicted octanol–water partition coefficient (Wildman–Crippen LogP) is 0.887. The van der Waals surface area contributed by atoms with E-state index in [1.165, 1.54) is 0 Å². The van der Waals surface area contributed by atoms with Crippen LogP contribution in [0, 0.1) is 0 Å². The number of nitrogens with two attached hydrogens (primary N) is 1. The molecule has 1 atom stereocenters. The molecule has 0 aromatic heterocycles. The summed E-state index contributed by atoms with van der Waals surface area (Å²) in [5.74, 6) is 1.20. The van der Waals surface area contributed by atoms with Crippen LogP contribution in [0.1, 0.15) is 6.42 Å². The summed E-state index contributed by atoms with van der Waals surface area (Å²) in [6.45, 7) is 0.722. The molecular formula is C12H16N2O3. The number of hydrogen-bond acceptors (Lipinski definition) is 4. The van der Waals surface area contributed by atoms with Crippen molar-refractivity contribution in [3.8, 4) is 11.5 Å². The van der Waals surface area contributed by atoms with E-state index >= 15 is 0 Å². The van der Waals surface area contributed by atoms with Crippen LogP contribution in [0.3, 0.4) is 0 Å². The minimum Gasteiger partial charge on any atom is -0.497 e. The fourth-order valence-corrected chi connectivity index (χ4v) is 1.81. The van der Waals surface area contributed by atoms with Gasteiger partial charge in [-0.15, -0.1) is 0 Å². The number of nitrogens with zero attached hydrogens (tertiary/aromatic N) is 1. The van der Waals surface area contributed by atoms with Crippen LogP contribution in [-0.4, -0.2) is 37.6 Å². The van der Waals surface area contributed by atoms with E-state index in [1.807, 2.05) is 0 Å². The molecule has 2 rings (SSSR count). The number of likely N-dealkylation sites (tertiary alicyclic amines) is 1. The Morgan fingerprint density at radius 3 is 2.76 bits per heavy atom. The van der Waals surface area contributed by atoms with Crippen LogP contribution in [-0.2, 0) is 4.79 Å². The Balaban J connectivity index is 2.11. The van der Waals surface area contributed by atoms with E-state index in [-0.39, 0.29) is 5.91 Å². The Morgan fingerprint density at radius 1 is 1.47 bits per heavy atom. The van der Waals surface area contributed by atoms with E-state index in [2.05, 4.69) is 0 Å². The molecule has 1 aromatic carbocycles. The second kappa shape index (κ2) is 4.53. The summed E-state index contributed by atoms with van der Waals surface area (Å²) in [5, 5.41) is 0. The van der Waals surface area contributed by atoms with Gasteiger partial charge in [0, 0.05) is 26.1 Å². The second-order valence-corrected chi connectivity index (χ2v) is 4.06. The molecule has 1 aliphatic heterocycles. The van der Waals surface area contributed by atoms with Gasteiger partial charge in [0.25, 0.3) is 5.91 Å². The highest BCUT2D eigenvalue weighted by molar-refractivity contribution is 5.83. The molecule has 1 saturated heterocycles. The first-order valence-corrected chi connectivity index (χ1v) is 5.47. The van der Waals surface area contributed by atoms with E-state index in [9.17, 15) is 4.79 Å².